The van der Waals surface area contributed by atoms with Gasteiger partial charge in [0.2, 0.25) is 0 Å². The van der Waals surface area contributed by atoms with Gasteiger partial charge in [-0.25, -0.2) is 0 Å². The first-order valence-electron chi connectivity index (χ1n) is 6.34. The number of benzene rings is 1. The number of anilines is 1. The van der Waals surface area contributed by atoms with E-state index >= 15 is 0 Å². The van der Waals surface area contributed by atoms with Gasteiger partial charge in [-0.1, -0.05) is 19.9 Å². The minimum Gasteiger partial charge on any atom is -0.398 e. The molecule has 0 bridgehead atoms. The average Bonchev–Trinajstić information content (AvgIpc) is 2.35. The van der Waals surface area contributed by atoms with Crippen molar-refractivity contribution in [3.05, 3.63) is 28.2 Å². The predicted molar refractivity (Wildman–Crippen MR) is 77.4 cm³/mol. The molecule has 2 N–H and O–H groups in total. The van der Waals surface area contributed by atoms with Crippen LogP contribution in [0.4, 0.5) is 5.69 Å². The standard InChI is InChI=1S/C14H19BrN2O/c1-9-6-7-17(8-10(9)2)14(18)11-4-3-5-12(16)13(11)15/h3-5,9-10H,6-8,16H2,1-2H3. The van der Waals surface area contributed by atoms with Gasteiger partial charge in [-0.05, 0) is 46.3 Å². The van der Waals surface area contributed by atoms with Crippen LogP contribution in [0.2, 0.25) is 0 Å². The van der Waals surface area contributed by atoms with Gasteiger partial charge in [-0.15, -0.1) is 0 Å². The Kier molecular flexibility index (Phi) is 3.95. The maximum absolute atomic E-state index is 12.5. The summed E-state index contributed by atoms with van der Waals surface area (Å²) in [5.41, 5.74) is 7.09. The second kappa shape index (κ2) is 5.31. The summed E-state index contributed by atoms with van der Waals surface area (Å²) in [5.74, 6) is 1.33. The van der Waals surface area contributed by atoms with E-state index in [1.807, 2.05) is 17.0 Å². The highest BCUT2D eigenvalue weighted by atomic mass is 79.9. The molecule has 0 spiro atoms. The van der Waals surface area contributed by atoms with Crippen LogP contribution in [-0.4, -0.2) is 23.9 Å². The van der Waals surface area contributed by atoms with E-state index in [9.17, 15) is 4.79 Å². The third kappa shape index (κ3) is 2.53. The van der Waals surface area contributed by atoms with Crippen LogP contribution in [-0.2, 0) is 0 Å². The first kappa shape index (κ1) is 13.4. The lowest BCUT2D eigenvalue weighted by Crippen LogP contribution is -2.42. The molecule has 3 nitrogen and oxygen atoms in total. The number of nitrogen functional groups attached to an aromatic ring is 1. The summed E-state index contributed by atoms with van der Waals surface area (Å²) in [4.78, 5) is 14.4. The fourth-order valence-corrected chi connectivity index (χ4v) is 2.77. The molecule has 1 amide bonds. The molecule has 0 aromatic heterocycles. The monoisotopic (exact) mass is 310 g/mol. The Morgan fingerprint density at radius 3 is 2.78 bits per heavy atom. The predicted octanol–water partition coefficient (Wildman–Crippen LogP) is 3.15. The third-order valence-corrected chi connectivity index (χ3v) is 4.77. The Morgan fingerprint density at radius 1 is 1.39 bits per heavy atom. The molecule has 18 heavy (non-hydrogen) atoms. The second-order valence-corrected chi connectivity index (χ2v) is 6.00. The molecule has 1 aromatic carbocycles. The van der Waals surface area contributed by atoms with Crippen molar-refractivity contribution in [2.75, 3.05) is 18.8 Å². The molecule has 2 rings (SSSR count). The van der Waals surface area contributed by atoms with E-state index in [0.717, 1.165) is 19.5 Å². The molecule has 1 fully saturated rings. The summed E-state index contributed by atoms with van der Waals surface area (Å²) in [6.07, 6.45) is 1.08. The van der Waals surface area contributed by atoms with Crippen LogP contribution in [0.5, 0.6) is 0 Å². The summed E-state index contributed by atoms with van der Waals surface area (Å²) in [7, 11) is 0. The molecule has 0 saturated carbocycles. The summed E-state index contributed by atoms with van der Waals surface area (Å²) >= 11 is 3.40. The normalized spacial score (nSPS) is 24.1. The van der Waals surface area contributed by atoms with Crippen LogP contribution in [0.15, 0.2) is 22.7 Å². The average molecular weight is 311 g/mol. The Bertz CT molecular complexity index is 461. The van der Waals surface area contributed by atoms with Gasteiger partial charge in [-0.3, -0.25) is 4.79 Å². The number of halogens is 1. The van der Waals surface area contributed by atoms with Crippen molar-refractivity contribution in [2.24, 2.45) is 11.8 Å². The van der Waals surface area contributed by atoms with Gasteiger partial charge in [0, 0.05) is 18.8 Å². The number of carbonyl (C=O) groups excluding carboxylic acids is 1. The van der Waals surface area contributed by atoms with Crippen LogP contribution in [0, 0.1) is 11.8 Å². The second-order valence-electron chi connectivity index (χ2n) is 5.20. The van der Waals surface area contributed by atoms with E-state index in [1.165, 1.54) is 0 Å². The Morgan fingerprint density at radius 2 is 2.11 bits per heavy atom. The zero-order chi connectivity index (χ0) is 13.3. The zero-order valence-electron chi connectivity index (χ0n) is 10.8. The molecule has 4 heteroatoms. The molecule has 98 valence electrons. The van der Waals surface area contributed by atoms with E-state index in [2.05, 4.69) is 29.8 Å². The highest BCUT2D eigenvalue weighted by Crippen LogP contribution is 2.28. The highest BCUT2D eigenvalue weighted by molar-refractivity contribution is 9.10. The SMILES string of the molecule is CC1CCN(C(=O)c2cccc(N)c2Br)CC1C. The van der Waals surface area contributed by atoms with Crippen molar-refractivity contribution in [1.82, 2.24) is 4.90 Å². The smallest absolute Gasteiger partial charge is 0.255 e. The summed E-state index contributed by atoms with van der Waals surface area (Å²) in [5, 5.41) is 0. The van der Waals surface area contributed by atoms with Crippen molar-refractivity contribution < 1.29 is 4.79 Å². The number of amides is 1. The minimum atomic E-state index is 0.0768. The van der Waals surface area contributed by atoms with Gasteiger partial charge in [0.05, 0.1) is 10.0 Å². The lowest BCUT2D eigenvalue weighted by atomic mass is 9.88. The van der Waals surface area contributed by atoms with Crippen LogP contribution < -0.4 is 5.73 Å². The molecular formula is C14H19BrN2O. The lowest BCUT2D eigenvalue weighted by molar-refractivity contribution is 0.0626. The fourth-order valence-electron chi connectivity index (χ4n) is 2.33. The molecular weight excluding hydrogens is 292 g/mol. The van der Waals surface area contributed by atoms with Crippen LogP contribution in [0.25, 0.3) is 0 Å². The molecule has 1 aliphatic rings. The molecule has 1 saturated heterocycles. The third-order valence-electron chi connectivity index (χ3n) is 3.88. The fraction of sp³-hybridized carbons (Fsp3) is 0.500. The number of hydrogen-bond acceptors (Lipinski definition) is 2. The molecule has 2 atom stereocenters. The van der Waals surface area contributed by atoms with Crippen molar-refractivity contribution in [3.8, 4) is 0 Å². The van der Waals surface area contributed by atoms with Crippen molar-refractivity contribution in [2.45, 2.75) is 20.3 Å². The summed E-state index contributed by atoms with van der Waals surface area (Å²) in [6.45, 7) is 6.13. The van der Waals surface area contributed by atoms with E-state index in [4.69, 9.17) is 5.73 Å². The van der Waals surface area contributed by atoms with Gasteiger partial charge in [0.25, 0.3) is 5.91 Å². The summed E-state index contributed by atoms with van der Waals surface area (Å²) in [6, 6.07) is 5.44. The van der Waals surface area contributed by atoms with Gasteiger partial charge in [0.1, 0.15) is 0 Å². The molecule has 1 aromatic rings. The van der Waals surface area contributed by atoms with Crippen molar-refractivity contribution in [1.29, 1.82) is 0 Å². The Balaban J connectivity index is 2.19. The van der Waals surface area contributed by atoms with Gasteiger partial charge >= 0.3 is 0 Å². The van der Waals surface area contributed by atoms with E-state index in [1.54, 1.807) is 6.07 Å². The first-order chi connectivity index (χ1) is 8.50. The number of nitrogens with zero attached hydrogens (tertiary/aromatic N) is 1. The minimum absolute atomic E-state index is 0.0768. The quantitative estimate of drug-likeness (QED) is 0.810. The molecule has 2 unspecified atom stereocenters. The van der Waals surface area contributed by atoms with Gasteiger partial charge in [0.15, 0.2) is 0 Å². The number of hydrogen-bond donors (Lipinski definition) is 1. The number of nitrogens with two attached hydrogens (primary N) is 1. The highest BCUT2D eigenvalue weighted by Gasteiger charge is 2.27. The number of carbonyl (C=O) groups is 1. The molecule has 0 aliphatic carbocycles. The first-order valence-corrected chi connectivity index (χ1v) is 7.13. The van der Waals surface area contributed by atoms with Crippen molar-refractivity contribution >= 4 is 27.5 Å². The Hall–Kier alpha value is -1.03. The summed E-state index contributed by atoms with van der Waals surface area (Å²) < 4.78 is 0.710. The topological polar surface area (TPSA) is 46.3 Å². The largest absolute Gasteiger partial charge is 0.398 e. The molecule has 1 aliphatic heterocycles. The van der Waals surface area contributed by atoms with E-state index in [0.29, 0.717) is 27.6 Å². The van der Waals surface area contributed by atoms with Crippen molar-refractivity contribution in [3.63, 3.8) is 0 Å². The van der Waals surface area contributed by atoms with Gasteiger partial charge < -0.3 is 10.6 Å². The van der Waals surface area contributed by atoms with Gasteiger partial charge in [-0.2, -0.15) is 0 Å². The zero-order valence-corrected chi connectivity index (χ0v) is 12.4. The maximum Gasteiger partial charge on any atom is 0.255 e. The molecule has 1 heterocycles. The Labute approximate surface area is 116 Å². The lowest BCUT2D eigenvalue weighted by Gasteiger charge is -2.35. The van der Waals surface area contributed by atoms with Crippen LogP contribution in [0.3, 0.4) is 0 Å². The number of rotatable bonds is 1. The number of piperidine rings is 1. The maximum atomic E-state index is 12.5. The van der Waals surface area contributed by atoms with Crippen LogP contribution in [0.1, 0.15) is 30.6 Å². The molecule has 0 radical (unpaired) electrons. The number of likely N-dealkylation sites (tertiary alicyclic amines) is 1. The van der Waals surface area contributed by atoms with E-state index in [-0.39, 0.29) is 5.91 Å². The van der Waals surface area contributed by atoms with Crippen LogP contribution >= 0.6 is 15.9 Å². The van der Waals surface area contributed by atoms with E-state index < -0.39 is 0 Å².